The summed E-state index contributed by atoms with van der Waals surface area (Å²) < 4.78 is 0. The number of nitrogens with zero attached hydrogens (tertiary/aromatic N) is 2. The third-order valence-electron chi connectivity index (χ3n) is 4.60. The van der Waals surface area contributed by atoms with Crippen molar-refractivity contribution < 1.29 is 0 Å². The van der Waals surface area contributed by atoms with Crippen LogP contribution in [0.4, 0.5) is 0 Å². The summed E-state index contributed by atoms with van der Waals surface area (Å²) in [6.07, 6.45) is 2.01. The highest BCUT2D eigenvalue weighted by Gasteiger charge is 2.18. The standard InChI is InChI=1S/C17H26N4/c1-14(21-10-8-20(2)9-11-21)12-18-13-15-4-3-5-17-16(15)6-7-19-17/h3-7,14,18-19H,8-13H2,1-2H3. The van der Waals surface area contributed by atoms with E-state index in [2.05, 4.69) is 58.3 Å². The zero-order valence-electron chi connectivity index (χ0n) is 13.1. The molecule has 1 atom stereocenters. The normalized spacial score (nSPS) is 19.1. The molecule has 1 aromatic carbocycles. The van der Waals surface area contributed by atoms with Crippen molar-refractivity contribution in [1.29, 1.82) is 0 Å². The SMILES string of the molecule is CC(CNCc1cccc2[nH]ccc12)N1CCN(C)CC1. The zero-order chi connectivity index (χ0) is 14.7. The molecule has 2 N–H and O–H groups in total. The van der Waals surface area contributed by atoms with Gasteiger partial charge in [-0.3, -0.25) is 4.90 Å². The fourth-order valence-corrected chi connectivity index (χ4v) is 3.11. The van der Waals surface area contributed by atoms with E-state index in [1.54, 1.807) is 0 Å². The first kappa shape index (κ1) is 14.6. The number of aromatic nitrogens is 1. The number of aromatic amines is 1. The lowest BCUT2D eigenvalue weighted by molar-refractivity contribution is 0.118. The summed E-state index contributed by atoms with van der Waals surface area (Å²) in [7, 11) is 2.21. The molecule has 3 rings (SSSR count). The number of hydrogen-bond acceptors (Lipinski definition) is 3. The van der Waals surface area contributed by atoms with Crippen molar-refractivity contribution in [3.63, 3.8) is 0 Å². The van der Waals surface area contributed by atoms with E-state index in [0.29, 0.717) is 6.04 Å². The molecular weight excluding hydrogens is 260 g/mol. The highest BCUT2D eigenvalue weighted by Crippen LogP contribution is 2.17. The van der Waals surface area contributed by atoms with Crippen LogP contribution >= 0.6 is 0 Å². The van der Waals surface area contributed by atoms with E-state index in [9.17, 15) is 0 Å². The maximum Gasteiger partial charge on any atom is 0.0457 e. The number of nitrogens with one attached hydrogen (secondary N) is 2. The summed E-state index contributed by atoms with van der Waals surface area (Å²) in [6, 6.07) is 9.23. The van der Waals surface area contributed by atoms with E-state index in [-0.39, 0.29) is 0 Å². The molecule has 4 nitrogen and oxygen atoms in total. The molecule has 2 heterocycles. The summed E-state index contributed by atoms with van der Waals surface area (Å²) >= 11 is 0. The molecule has 0 spiro atoms. The average Bonchev–Trinajstić information content (AvgIpc) is 2.97. The van der Waals surface area contributed by atoms with Crippen molar-refractivity contribution in [3.05, 3.63) is 36.0 Å². The van der Waals surface area contributed by atoms with Crippen molar-refractivity contribution in [2.45, 2.75) is 19.5 Å². The van der Waals surface area contributed by atoms with E-state index in [1.165, 1.54) is 42.6 Å². The number of fused-ring (bicyclic) bond motifs is 1. The van der Waals surface area contributed by atoms with Crippen molar-refractivity contribution in [3.8, 4) is 0 Å². The Morgan fingerprint density at radius 3 is 2.81 bits per heavy atom. The Morgan fingerprint density at radius 2 is 2.00 bits per heavy atom. The molecule has 1 aromatic heterocycles. The quantitative estimate of drug-likeness (QED) is 0.881. The maximum atomic E-state index is 3.62. The van der Waals surface area contributed by atoms with Gasteiger partial charge in [-0.2, -0.15) is 0 Å². The average molecular weight is 286 g/mol. The van der Waals surface area contributed by atoms with Crippen LogP contribution in [0.1, 0.15) is 12.5 Å². The Hall–Kier alpha value is -1.36. The van der Waals surface area contributed by atoms with E-state index >= 15 is 0 Å². The lowest BCUT2D eigenvalue weighted by Crippen LogP contribution is -2.50. The van der Waals surface area contributed by atoms with Gasteiger partial charge < -0.3 is 15.2 Å². The highest BCUT2D eigenvalue weighted by atomic mass is 15.3. The van der Waals surface area contributed by atoms with E-state index < -0.39 is 0 Å². The van der Waals surface area contributed by atoms with Crippen LogP contribution in [0.5, 0.6) is 0 Å². The molecule has 0 radical (unpaired) electrons. The number of hydrogen-bond donors (Lipinski definition) is 2. The van der Waals surface area contributed by atoms with Crippen LogP contribution in [0, 0.1) is 0 Å². The first-order valence-electron chi connectivity index (χ1n) is 7.92. The highest BCUT2D eigenvalue weighted by molar-refractivity contribution is 5.82. The van der Waals surface area contributed by atoms with Gasteiger partial charge in [0.25, 0.3) is 0 Å². The van der Waals surface area contributed by atoms with Crippen LogP contribution in [0.2, 0.25) is 0 Å². The predicted molar refractivity (Wildman–Crippen MR) is 88.5 cm³/mol. The van der Waals surface area contributed by atoms with Crippen LogP contribution in [-0.2, 0) is 6.54 Å². The van der Waals surface area contributed by atoms with Gasteiger partial charge in [-0.1, -0.05) is 12.1 Å². The smallest absolute Gasteiger partial charge is 0.0457 e. The largest absolute Gasteiger partial charge is 0.361 e. The molecule has 4 heteroatoms. The molecule has 1 saturated heterocycles. The molecule has 1 aliphatic rings. The van der Waals surface area contributed by atoms with Gasteiger partial charge in [0.15, 0.2) is 0 Å². The van der Waals surface area contributed by atoms with Gasteiger partial charge >= 0.3 is 0 Å². The Bertz CT molecular complexity index is 569. The van der Waals surface area contributed by atoms with Crippen LogP contribution in [0.15, 0.2) is 30.5 Å². The molecule has 114 valence electrons. The third-order valence-corrected chi connectivity index (χ3v) is 4.60. The summed E-state index contributed by atoms with van der Waals surface area (Å²) in [5, 5.41) is 4.95. The number of likely N-dealkylation sites (N-methyl/N-ethyl adjacent to an activating group) is 1. The van der Waals surface area contributed by atoms with Crippen LogP contribution < -0.4 is 5.32 Å². The lowest BCUT2D eigenvalue weighted by Gasteiger charge is -2.36. The third kappa shape index (κ3) is 3.46. The van der Waals surface area contributed by atoms with Gasteiger partial charge in [0.1, 0.15) is 0 Å². The Labute approximate surface area is 127 Å². The van der Waals surface area contributed by atoms with Gasteiger partial charge in [-0.05, 0) is 31.7 Å². The molecule has 1 aliphatic heterocycles. The van der Waals surface area contributed by atoms with E-state index in [1.807, 2.05) is 6.20 Å². The first-order valence-corrected chi connectivity index (χ1v) is 7.92. The lowest BCUT2D eigenvalue weighted by atomic mass is 10.1. The second-order valence-electron chi connectivity index (χ2n) is 6.18. The number of rotatable bonds is 5. The topological polar surface area (TPSA) is 34.3 Å². The summed E-state index contributed by atoms with van der Waals surface area (Å²) in [4.78, 5) is 8.27. The van der Waals surface area contributed by atoms with Gasteiger partial charge in [0.05, 0.1) is 0 Å². The minimum Gasteiger partial charge on any atom is -0.361 e. The summed E-state index contributed by atoms with van der Waals surface area (Å²) in [5.74, 6) is 0. The van der Waals surface area contributed by atoms with E-state index in [4.69, 9.17) is 0 Å². The minimum atomic E-state index is 0.601. The van der Waals surface area contributed by atoms with Crippen molar-refractivity contribution in [2.75, 3.05) is 39.8 Å². The van der Waals surface area contributed by atoms with Crippen LogP contribution in [0.3, 0.4) is 0 Å². The zero-order valence-corrected chi connectivity index (χ0v) is 13.1. The predicted octanol–water partition coefficient (Wildman–Crippen LogP) is 1.89. The molecule has 0 bridgehead atoms. The van der Waals surface area contributed by atoms with Gasteiger partial charge in [0.2, 0.25) is 0 Å². The van der Waals surface area contributed by atoms with E-state index in [0.717, 1.165) is 13.1 Å². The van der Waals surface area contributed by atoms with Gasteiger partial charge in [0, 0.05) is 62.4 Å². The molecule has 1 fully saturated rings. The fraction of sp³-hybridized carbons (Fsp3) is 0.529. The summed E-state index contributed by atoms with van der Waals surface area (Å²) in [5.41, 5.74) is 2.60. The van der Waals surface area contributed by atoms with Crippen LogP contribution in [0.25, 0.3) is 10.9 Å². The van der Waals surface area contributed by atoms with Gasteiger partial charge in [-0.25, -0.2) is 0 Å². The van der Waals surface area contributed by atoms with Crippen LogP contribution in [-0.4, -0.2) is 60.6 Å². The maximum absolute atomic E-state index is 3.62. The molecular formula is C17H26N4. The Morgan fingerprint density at radius 1 is 1.19 bits per heavy atom. The fourth-order valence-electron chi connectivity index (χ4n) is 3.11. The molecule has 1 unspecified atom stereocenters. The van der Waals surface area contributed by atoms with Crippen molar-refractivity contribution >= 4 is 10.9 Å². The van der Waals surface area contributed by atoms with Crippen molar-refractivity contribution in [2.24, 2.45) is 0 Å². The molecule has 21 heavy (non-hydrogen) atoms. The number of piperazine rings is 1. The molecule has 0 aliphatic carbocycles. The first-order chi connectivity index (χ1) is 10.2. The number of benzene rings is 1. The second kappa shape index (κ2) is 6.60. The second-order valence-corrected chi connectivity index (χ2v) is 6.18. The monoisotopic (exact) mass is 286 g/mol. The molecule has 0 amide bonds. The number of H-pyrrole nitrogens is 1. The minimum absolute atomic E-state index is 0.601. The molecule has 0 saturated carbocycles. The Kier molecular flexibility index (Phi) is 4.58. The Balaban J connectivity index is 1.50. The van der Waals surface area contributed by atoms with Crippen molar-refractivity contribution in [1.82, 2.24) is 20.1 Å². The molecule has 2 aromatic rings. The summed E-state index contributed by atoms with van der Waals surface area (Å²) in [6.45, 7) is 9.06. The van der Waals surface area contributed by atoms with Gasteiger partial charge in [-0.15, -0.1) is 0 Å².